The molecule has 1 unspecified atom stereocenters. The van der Waals surface area contributed by atoms with E-state index in [1.54, 1.807) is 37.8 Å². The van der Waals surface area contributed by atoms with Gasteiger partial charge in [-0.15, -0.1) is 0 Å². The highest BCUT2D eigenvalue weighted by Gasteiger charge is 2.15. The van der Waals surface area contributed by atoms with E-state index in [9.17, 15) is 13.6 Å². The molecule has 1 amide bonds. The van der Waals surface area contributed by atoms with E-state index in [0.29, 0.717) is 25.2 Å². The molecule has 0 saturated heterocycles. The number of amides is 1. The molecule has 148 valence electrons. The molecule has 3 N–H and O–H groups in total. The molecule has 0 aliphatic heterocycles. The van der Waals surface area contributed by atoms with Gasteiger partial charge in [-0.05, 0) is 39.3 Å². The van der Waals surface area contributed by atoms with E-state index < -0.39 is 22.8 Å². The van der Waals surface area contributed by atoms with Crippen LogP contribution in [-0.4, -0.2) is 41.8 Å². The summed E-state index contributed by atoms with van der Waals surface area (Å²) in [4.78, 5) is 15.7. The summed E-state index contributed by atoms with van der Waals surface area (Å²) in [7, 11) is 0. The summed E-state index contributed by atoms with van der Waals surface area (Å²) in [6.45, 7) is 6.42. The van der Waals surface area contributed by atoms with Gasteiger partial charge in [-0.25, -0.2) is 14.0 Å². The Balaban J connectivity index is 1.86. The summed E-state index contributed by atoms with van der Waals surface area (Å²) in [5.74, 6) is 0.189. The van der Waals surface area contributed by atoms with E-state index in [0.717, 1.165) is 0 Å². The van der Waals surface area contributed by atoms with Crippen molar-refractivity contribution < 1.29 is 18.3 Å². The van der Waals surface area contributed by atoms with Gasteiger partial charge < -0.3 is 19.9 Å². The van der Waals surface area contributed by atoms with E-state index in [1.807, 2.05) is 0 Å². The van der Waals surface area contributed by atoms with E-state index in [2.05, 4.69) is 20.7 Å². The lowest BCUT2D eigenvalue weighted by atomic mass is 10.2. The van der Waals surface area contributed by atoms with Crippen LogP contribution in [0.3, 0.4) is 0 Å². The first kappa shape index (κ1) is 21.1. The zero-order chi connectivity index (χ0) is 20.0. The average Bonchev–Trinajstić information content (AvgIpc) is 2.97. The van der Waals surface area contributed by atoms with Crippen LogP contribution in [0.1, 0.15) is 27.2 Å². The van der Waals surface area contributed by atoms with Gasteiger partial charge >= 0.3 is 6.09 Å². The fourth-order valence-electron chi connectivity index (χ4n) is 2.09. The molecule has 27 heavy (non-hydrogen) atoms. The lowest BCUT2D eigenvalue weighted by Crippen LogP contribution is -2.33. The third kappa shape index (κ3) is 7.16. The van der Waals surface area contributed by atoms with Crippen molar-refractivity contribution in [2.75, 3.05) is 11.9 Å². The molecule has 11 heteroatoms. The zero-order valence-corrected chi connectivity index (χ0v) is 16.8. The number of anilines is 2. The number of aromatic nitrogens is 3. The van der Waals surface area contributed by atoms with Gasteiger partial charge in [-0.1, -0.05) is 11.6 Å². The Bertz CT molecular complexity index is 821. The van der Waals surface area contributed by atoms with Crippen molar-refractivity contribution in [3.63, 3.8) is 0 Å². The van der Waals surface area contributed by atoms with Crippen molar-refractivity contribution in [1.29, 1.82) is 0 Å². The molecular weight excluding hydrogens is 394 g/mol. The number of carbonyl (C=O) groups is 1. The Hall–Kier alpha value is -2.17. The molecule has 0 bridgehead atoms. The third-order valence-corrected chi connectivity index (χ3v) is 4.06. The van der Waals surface area contributed by atoms with Gasteiger partial charge in [-0.3, -0.25) is 4.68 Å². The highest BCUT2D eigenvalue weighted by Crippen LogP contribution is 2.23. The van der Waals surface area contributed by atoms with Crippen LogP contribution in [0.25, 0.3) is 0 Å². The number of alkyl carbamates (subject to hydrolysis) is 1. The summed E-state index contributed by atoms with van der Waals surface area (Å²) in [5.41, 5.74) is 0.0644. The maximum absolute atomic E-state index is 11.6. The van der Waals surface area contributed by atoms with Crippen molar-refractivity contribution in [3.05, 3.63) is 29.7 Å². The van der Waals surface area contributed by atoms with E-state index in [-0.39, 0.29) is 15.9 Å². The summed E-state index contributed by atoms with van der Waals surface area (Å²) >= 11 is 3.65. The largest absolute Gasteiger partial charge is 0.444 e. The van der Waals surface area contributed by atoms with Crippen LogP contribution in [0.4, 0.5) is 16.3 Å². The Morgan fingerprint density at radius 1 is 1.41 bits per heavy atom. The van der Waals surface area contributed by atoms with Gasteiger partial charge in [0.15, 0.2) is 16.9 Å². The first-order valence-electron chi connectivity index (χ1n) is 8.18. The highest BCUT2D eigenvalue weighted by atomic mass is 35.5. The second-order valence-corrected chi connectivity index (χ2v) is 7.95. The van der Waals surface area contributed by atoms with Gasteiger partial charge in [0.1, 0.15) is 15.6 Å². The van der Waals surface area contributed by atoms with Crippen LogP contribution in [-0.2, 0) is 22.4 Å². The molecule has 0 saturated carbocycles. The van der Waals surface area contributed by atoms with Crippen molar-refractivity contribution >= 4 is 40.3 Å². The first-order chi connectivity index (χ1) is 12.6. The van der Waals surface area contributed by atoms with Crippen LogP contribution in [0.5, 0.6) is 0 Å². The second-order valence-electron chi connectivity index (χ2n) is 6.63. The maximum Gasteiger partial charge on any atom is 0.407 e. The minimum absolute atomic E-state index is 0.119. The molecule has 0 aliphatic carbocycles. The number of halogens is 1. The number of carbonyl (C=O) groups excluding carboxylic acids is 1. The lowest BCUT2D eigenvalue weighted by Gasteiger charge is -2.19. The van der Waals surface area contributed by atoms with E-state index in [1.165, 1.54) is 12.1 Å². The van der Waals surface area contributed by atoms with E-state index in [4.69, 9.17) is 16.3 Å². The van der Waals surface area contributed by atoms with Crippen LogP contribution < -0.4 is 10.6 Å². The van der Waals surface area contributed by atoms with Gasteiger partial charge in [0.2, 0.25) is 0 Å². The van der Waals surface area contributed by atoms with Crippen molar-refractivity contribution in [2.45, 2.75) is 44.2 Å². The number of nitrogens with one attached hydrogen (secondary N) is 2. The van der Waals surface area contributed by atoms with Gasteiger partial charge in [0.25, 0.3) is 0 Å². The normalized spacial score (nSPS) is 12.5. The summed E-state index contributed by atoms with van der Waals surface area (Å²) in [6.07, 6.45) is 3.48. The van der Waals surface area contributed by atoms with Crippen LogP contribution in [0, 0.1) is 0 Å². The fraction of sp³-hybridized carbons (Fsp3) is 0.438. The molecule has 2 aromatic heterocycles. The number of hydrogen-bond donors (Lipinski definition) is 3. The Morgan fingerprint density at radius 2 is 2.15 bits per heavy atom. The Labute approximate surface area is 164 Å². The Morgan fingerprint density at radius 3 is 2.81 bits per heavy atom. The predicted octanol–water partition coefficient (Wildman–Crippen LogP) is 3.17. The molecule has 0 fully saturated rings. The molecule has 0 aromatic carbocycles. The first-order valence-corrected chi connectivity index (χ1v) is 9.66. The number of pyridine rings is 1. The minimum Gasteiger partial charge on any atom is -0.444 e. The molecule has 0 spiro atoms. The zero-order valence-electron chi connectivity index (χ0n) is 15.2. The number of aryl methyl sites for hydroxylation is 1. The van der Waals surface area contributed by atoms with Crippen LogP contribution in [0.2, 0.25) is 5.15 Å². The highest BCUT2D eigenvalue weighted by molar-refractivity contribution is 7.79. The summed E-state index contributed by atoms with van der Waals surface area (Å²) in [5, 5.41) is 10.0. The van der Waals surface area contributed by atoms with Crippen LogP contribution >= 0.6 is 11.6 Å². The van der Waals surface area contributed by atoms with Crippen LogP contribution in [0.15, 0.2) is 29.4 Å². The smallest absolute Gasteiger partial charge is 0.407 e. The number of rotatable bonds is 7. The molecule has 2 rings (SSSR count). The van der Waals surface area contributed by atoms with Crippen molar-refractivity contribution in [1.82, 2.24) is 20.1 Å². The topological polar surface area (TPSA) is 118 Å². The maximum atomic E-state index is 11.6. The molecule has 0 aliphatic rings. The molecular formula is C16H22ClN5O4S. The minimum atomic E-state index is -2.20. The predicted molar refractivity (Wildman–Crippen MR) is 103 cm³/mol. The quantitative estimate of drug-likeness (QED) is 0.361. The van der Waals surface area contributed by atoms with Gasteiger partial charge in [0, 0.05) is 19.3 Å². The number of nitrogens with zero attached hydrogens (tertiary/aromatic N) is 3. The second kappa shape index (κ2) is 9.16. The Kier molecular flexibility index (Phi) is 7.17. The third-order valence-electron chi connectivity index (χ3n) is 3.14. The lowest BCUT2D eigenvalue weighted by molar-refractivity contribution is 0.0526. The van der Waals surface area contributed by atoms with Crippen molar-refractivity contribution in [2.24, 2.45) is 0 Å². The van der Waals surface area contributed by atoms with E-state index >= 15 is 0 Å². The fourth-order valence-corrected chi connectivity index (χ4v) is 2.68. The van der Waals surface area contributed by atoms with Crippen molar-refractivity contribution in [3.8, 4) is 0 Å². The van der Waals surface area contributed by atoms with Gasteiger partial charge in [0.05, 0.1) is 11.9 Å². The molecule has 0 radical (unpaired) electrons. The number of ether oxygens (including phenoxy) is 1. The molecule has 2 heterocycles. The number of hydrogen-bond acceptors (Lipinski definition) is 6. The summed E-state index contributed by atoms with van der Waals surface area (Å²) in [6, 6.07) is 2.87. The summed E-state index contributed by atoms with van der Waals surface area (Å²) < 4.78 is 27.5. The SMILES string of the molecule is CC(C)(C)OC(=O)NCCCn1cc(Nc2nc(Cl)ccc2S(=O)O)cn1. The van der Waals surface area contributed by atoms with Gasteiger partial charge in [-0.2, -0.15) is 5.10 Å². The standard InChI is InChI=1S/C16H22ClN5O4S/c1-16(2,3)26-15(23)18-7-4-8-22-10-11(9-19-22)20-14-12(27(24)25)5-6-13(17)21-14/h5-6,9-10H,4,7-8H2,1-3H3,(H,18,23)(H,20,21)(H,24,25). The molecule has 9 nitrogen and oxygen atoms in total. The monoisotopic (exact) mass is 415 g/mol. The molecule has 2 aromatic rings. The average molecular weight is 416 g/mol. The molecule has 1 atom stereocenters.